The predicted molar refractivity (Wildman–Crippen MR) is 81.3 cm³/mol. The SMILES string of the molecule is CCSc1nnc(NS(=O)(=O)c2ccc(Br)cc2)s1. The van der Waals surface area contributed by atoms with Crippen molar-refractivity contribution in [3.05, 3.63) is 28.7 Å². The van der Waals surface area contributed by atoms with Crippen LogP contribution in [-0.2, 0) is 10.0 Å². The zero-order chi connectivity index (χ0) is 13.9. The molecule has 1 aromatic heterocycles. The van der Waals surface area contributed by atoms with Crippen molar-refractivity contribution in [2.24, 2.45) is 0 Å². The van der Waals surface area contributed by atoms with Crippen molar-refractivity contribution in [3.8, 4) is 0 Å². The monoisotopic (exact) mass is 379 g/mol. The number of hydrogen-bond donors (Lipinski definition) is 1. The summed E-state index contributed by atoms with van der Waals surface area (Å²) in [4.78, 5) is 0.190. The lowest BCUT2D eigenvalue weighted by Gasteiger charge is -2.04. The van der Waals surface area contributed by atoms with Crippen LogP contribution in [0, 0.1) is 0 Å². The second kappa shape index (κ2) is 6.21. The van der Waals surface area contributed by atoms with Crippen LogP contribution >= 0.6 is 39.0 Å². The number of thioether (sulfide) groups is 1. The Labute approximate surface area is 128 Å². The molecular weight excluding hydrogens is 370 g/mol. The standard InChI is InChI=1S/C10H10BrN3O2S3/c1-2-17-10-13-12-9(18-10)14-19(15,16)8-5-3-7(11)4-6-8/h3-6H,2H2,1H3,(H,12,14). The van der Waals surface area contributed by atoms with Crippen LogP contribution in [0.3, 0.4) is 0 Å². The molecule has 0 saturated carbocycles. The van der Waals surface area contributed by atoms with Gasteiger partial charge in [0.2, 0.25) is 5.13 Å². The maximum absolute atomic E-state index is 12.1. The van der Waals surface area contributed by atoms with Crippen molar-refractivity contribution in [2.75, 3.05) is 10.5 Å². The lowest BCUT2D eigenvalue weighted by Crippen LogP contribution is -2.12. The minimum atomic E-state index is -3.60. The Morgan fingerprint density at radius 2 is 2.00 bits per heavy atom. The summed E-state index contributed by atoms with van der Waals surface area (Å²) in [5, 5.41) is 7.98. The average Bonchev–Trinajstić information content (AvgIpc) is 2.77. The van der Waals surface area contributed by atoms with Crippen molar-refractivity contribution in [1.29, 1.82) is 0 Å². The normalized spacial score (nSPS) is 11.5. The Kier molecular flexibility index (Phi) is 4.82. The molecule has 0 spiro atoms. The first-order valence-electron chi connectivity index (χ1n) is 5.26. The minimum Gasteiger partial charge on any atom is -0.253 e. The van der Waals surface area contributed by atoms with Gasteiger partial charge in [0.25, 0.3) is 10.0 Å². The number of hydrogen-bond acceptors (Lipinski definition) is 6. The molecule has 0 fully saturated rings. The molecule has 0 saturated heterocycles. The topological polar surface area (TPSA) is 72.0 Å². The number of benzene rings is 1. The minimum absolute atomic E-state index is 0.190. The van der Waals surface area contributed by atoms with Crippen molar-refractivity contribution < 1.29 is 8.42 Å². The van der Waals surface area contributed by atoms with E-state index in [0.717, 1.165) is 14.6 Å². The average molecular weight is 380 g/mol. The second-order valence-corrected chi connectivity index (χ2v) is 8.45. The highest BCUT2D eigenvalue weighted by Crippen LogP contribution is 2.27. The fourth-order valence-corrected chi connectivity index (χ4v) is 4.36. The molecule has 1 N–H and O–H groups in total. The van der Waals surface area contributed by atoms with Crippen LogP contribution in [-0.4, -0.2) is 24.4 Å². The number of anilines is 1. The van der Waals surface area contributed by atoms with Gasteiger partial charge in [-0.25, -0.2) is 8.42 Å². The summed E-state index contributed by atoms with van der Waals surface area (Å²) in [7, 11) is -3.60. The third-order valence-corrected chi connectivity index (χ3v) is 5.89. The largest absolute Gasteiger partial charge is 0.263 e. The summed E-state index contributed by atoms with van der Waals surface area (Å²) >= 11 is 6.01. The lowest BCUT2D eigenvalue weighted by atomic mass is 10.4. The predicted octanol–water partition coefficient (Wildman–Crippen LogP) is 3.21. The molecule has 0 bridgehead atoms. The molecule has 2 rings (SSSR count). The van der Waals surface area contributed by atoms with Gasteiger partial charge in [0.05, 0.1) is 4.90 Å². The molecule has 19 heavy (non-hydrogen) atoms. The molecule has 2 aromatic rings. The number of nitrogens with zero attached hydrogens (tertiary/aromatic N) is 2. The Balaban J connectivity index is 2.18. The number of rotatable bonds is 5. The maximum atomic E-state index is 12.1. The number of sulfonamides is 1. The van der Waals surface area contributed by atoms with E-state index in [0.29, 0.717) is 0 Å². The van der Waals surface area contributed by atoms with Crippen molar-refractivity contribution in [2.45, 2.75) is 16.2 Å². The molecule has 0 radical (unpaired) electrons. The Hall–Kier alpha value is -0.640. The van der Waals surface area contributed by atoms with Crippen molar-refractivity contribution >= 4 is 54.2 Å². The molecule has 102 valence electrons. The Morgan fingerprint density at radius 1 is 1.32 bits per heavy atom. The van der Waals surface area contributed by atoms with E-state index >= 15 is 0 Å². The molecule has 0 aliphatic rings. The zero-order valence-electron chi connectivity index (χ0n) is 9.83. The number of aromatic nitrogens is 2. The zero-order valence-corrected chi connectivity index (χ0v) is 13.9. The molecule has 1 aromatic carbocycles. The molecule has 0 atom stereocenters. The van der Waals surface area contributed by atoms with Gasteiger partial charge in [-0.1, -0.05) is 46.0 Å². The van der Waals surface area contributed by atoms with Gasteiger partial charge in [-0.2, -0.15) is 0 Å². The molecule has 5 nitrogen and oxygen atoms in total. The Morgan fingerprint density at radius 3 is 2.63 bits per heavy atom. The van der Waals surface area contributed by atoms with Crippen molar-refractivity contribution in [1.82, 2.24) is 10.2 Å². The van der Waals surface area contributed by atoms with E-state index in [4.69, 9.17) is 0 Å². The van der Waals surface area contributed by atoms with Gasteiger partial charge in [-0.3, -0.25) is 4.72 Å². The van der Waals surface area contributed by atoms with Gasteiger partial charge in [-0.15, -0.1) is 10.2 Å². The summed E-state index contributed by atoms with van der Waals surface area (Å²) in [5.41, 5.74) is 0. The second-order valence-electron chi connectivity index (χ2n) is 3.37. The van der Waals surface area contributed by atoms with Gasteiger partial charge in [0.15, 0.2) is 4.34 Å². The molecular formula is C10H10BrN3O2S3. The quantitative estimate of drug-likeness (QED) is 0.807. The summed E-state index contributed by atoms with van der Waals surface area (Å²) in [6.07, 6.45) is 0. The van der Waals surface area contributed by atoms with Crippen LogP contribution in [0.15, 0.2) is 38.0 Å². The summed E-state index contributed by atoms with van der Waals surface area (Å²) in [5.74, 6) is 0.869. The van der Waals surface area contributed by atoms with E-state index in [2.05, 4.69) is 30.8 Å². The molecule has 9 heteroatoms. The first kappa shape index (κ1) is 14.8. The molecule has 0 aliphatic heterocycles. The van der Waals surface area contributed by atoms with Crippen LogP contribution in [0.25, 0.3) is 0 Å². The summed E-state index contributed by atoms with van der Waals surface area (Å²) in [6, 6.07) is 6.39. The van der Waals surface area contributed by atoms with Gasteiger partial charge in [0, 0.05) is 4.47 Å². The lowest BCUT2D eigenvalue weighted by molar-refractivity contribution is 0.601. The van der Waals surface area contributed by atoms with Crippen LogP contribution in [0.1, 0.15) is 6.92 Å². The highest BCUT2D eigenvalue weighted by molar-refractivity contribution is 9.10. The first-order valence-corrected chi connectivity index (χ1v) is 9.34. The fourth-order valence-electron chi connectivity index (χ4n) is 1.22. The first-order chi connectivity index (χ1) is 9.01. The number of nitrogens with one attached hydrogen (secondary N) is 1. The van der Waals surface area contributed by atoms with Crippen molar-refractivity contribution in [3.63, 3.8) is 0 Å². The van der Waals surface area contributed by atoms with E-state index in [9.17, 15) is 8.42 Å². The maximum Gasteiger partial charge on any atom is 0.263 e. The summed E-state index contributed by atoms with van der Waals surface area (Å²) in [6.45, 7) is 2.00. The van der Waals surface area contributed by atoms with Gasteiger partial charge in [-0.05, 0) is 30.0 Å². The molecule has 0 unspecified atom stereocenters. The van der Waals surface area contributed by atoms with Gasteiger partial charge >= 0.3 is 0 Å². The van der Waals surface area contributed by atoms with Crippen LogP contribution < -0.4 is 4.72 Å². The van der Waals surface area contributed by atoms with Crippen LogP contribution in [0.4, 0.5) is 5.13 Å². The number of halogens is 1. The molecule has 0 amide bonds. The third kappa shape index (κ3) is 3.91. The fraction of sp³-hybridized carbons (Fsp3) is 0.200. The van der Waals surface area contributed by atoms with E-state index < -0.39 is 10.0 Å². The highest BCUT2D eigenvalue weighted by atomic mass is 79.9. The van der Waals surface area contributed by atoms with E-state index in [1.54, 1.807) is 12.1 Å². The molecule has 0 aliphatic carbocycles. The smallest absolute Gasteiger partial charge is 0.253 e. The van der Waals surface area contributed by atoms with Crippen LogP contribution in [0.2, 0.25) is 0 Å². The van der Waals surface area contributed by atoms with Crippen LogP contribution in [0.5, 0.6) is 0 Å². The molecule has 1 heterocycles. The highest BCUT2D eigenvalue weighted by Gasteiger charge is 2.16. The summed E-state index contributed by atoms with van der Waals surface area (Å²) < 4.78 is 28.2. The van der Waals surface area contributed by atoms with Gasteiger partial charge in [0.1, 0.15) is 0 Å². The Bertz CT molecular complexity index is 655. The van der Waals surface area contributed by atoms with Gasteiger partial charge < -0.3 is 0 Å². The third-order valence-electron chi connectivity index (χ3n) is 2.02. The van der Waals surface area contributed by atoms with E-state index in [-0.39, 0.29) is 10.0 Å². The van der Waals surface area contributed by atoms with E-state index in [1.807, 2.05) is 6.92 Å². The van der Waals surface area contributed by atoms with E-state index in [1.165, 1.54) is 35.2 Å².